The Morgan fingerprint density at radius 3 is 2.78 bits per heavy atom. The van der Waals surface area contributed by atoms with Gasteiger partial charge in [-0.15, -0.1) is 28.1 Å². The second-order valence-electron chi connectivity index (χ2n) is 6.57. The van der Waals surface area contributed by atoms with Gasteiger partial charge in [0.05, 0.1) is 15.7 Å². The Bertz CT molecular complexity index is 1240. The number of thioether (sulfide) groups is 1. The maximum absolute atomic E-state index is 13.2. The monoisotopic (exact) mass is 506 g/mol. The van der Waals surface area contributed by atoms with Crippen molar-refractivity contribution < 1.29 is 9.13 Å². The molecule has 32 heavy (non-hydrogen) atoms. The predicted molar refractivity (Wildman–Crippen MR) is 128 cm³/mol. The van der Waals surface area contributed by atoms with Crippen molar-refractivity contribution in [3.05, 3.63) is 87.9 Å². The van der Waals surface area contributed by atoms with E-state index in [4.69, 9.17) is 32.9 Å². The minimum absolute atomic E-state index is 0.139. The van der Waals surface area contributed by atoms with E-state index in [-0.39, 0.29) is 11.6 Å². The van der Waals surface area contributed by atoms with Crippen molar-refractivity contribution in [3.63, 3.8) is 0 Å². The highest BCUT2D eigenvalue weighted by molar-refractivity contribution is 7.98. The van der Waals surface area contributed by atoms with E-state index in [1.165, 1.54) is 30.0 Å². The quantitative estimate of drug-likeness (QED) is 0.182. The SMILES string of the molecule is C=CCn1c(COc2ccc(F)cc2Cl)nnc1SCc1csc(-c2ccccc2Cl)n1. The van der Waals surface area contributed by atoms with Crippen molar-refractivity contribution in [2.45, 2.75) is 24.1 Å². The van der Waals surface area contributed by atoms with Gasteiger partial charge in [-0.1, -0.05) is 59.2 Å². The molecule has 0 saturated heterocycles. The first-order chi connectivity index (χ1) is 15.5. The van der Waals surface area contributed by atoms with Gasteiger partial charge in [0.25, 0.3) is 0 Å². The lowest BCUT2D eigenvalue weighted by Crippen LogP contribution is -2.07. The summed E-state index contributed by atoms with van der Waals surface area (Å²) in [5, 5.41) is 13.0. The molecule has 2 aromatic carbocycles. The number of allylic oxidation sites excluding steroid dienone is 1. The summed E-state index contributed by atoms with van der Waals surface area (Å²) in [6, 6.07) is 11.6. The molecule has 0 bridgehead atoms. The molecule has 0 aliphatic carbocycles. The molecule has 0 fully saturated rings. The third-order valence-corrected chi connectivity index (χ3v) is 6.91. The number of rotatable bonds is 9. The van der Waals surface area contributed by atoms with Crippen LogP contribution < -0.4 is 4.74 Å². The normalized spacial score (nSPS) is 11.0. The number of ether oxygens (including phenoxy) is 1. The first kappa shape index (κ1) is 22.8. The van der Waals surface area contributed by atoms with Gasteiger partial charge in [-0.2, -0.15) is 0 Å². The molecule has 0 N–H and O–H groups in total. The van der Waals surface area contributed by atoms with Gasteiger partial charge in [-0.05, 0) is 24.3 Å². The lowest BCUT2D eigenvalue weighted by molar-refractivity contribution is 0.289. The highest BCUT2D eigenvalue weighted by Crippen LogP contribution is 2.32. The van der Waals surface area contributed by atoms with Crippen LogP contribution >= 0.6 is 46.3 Å². The zero-order chi connectivity index (χ0) is 22.5. The standard InChI is InChI=1S/C22H17Cl2FN4OS2/c1-2-9-29-20(11-30-19-8-7-14(25)10-18(19)24)27-28-22(29)32-13-15-12-31-21(26-15)16-5-3-4-6-17(16)23/h2-8,10,12H,1,9,11,13H2. The van der Waals surface area contributed by atoms with Gasteiger partial charge in [-0.3, -0.25) is 4.57 Å². The van der Waals surface area contributed by atoms with Crippen LogP contribution in [-0.4, -0.2) is 19.7 Å². The molecular weight excluding hydrogens is 490 g/mol. The number of hydrogen-bond donors (Lipinski definition) is 0. The summed E-state index contributed by atoms with van der Waals surface area (Å²) >= 11 is 15.4. The van der Waals surface area contributed by atoms with Crippen LogP contribution in [0.15, 0.2) is 65.7 Å². The average Bonchev–Trinajstić information content (AvgIpc) is 3.39. The molecule has 0 radical (unpaired) electrons. The van der Waals surface area contributed by atoms with E-state index in [0.717, 1.165) is 21.4 Å². The first-order valence-electron chi connectivity index (χ1n) is 9.48. The zero-order valence-corrected chi connectivity index (χ0v) is 19.8. The van der Waals surface area contributed by atoms with E-state index < -0.39 is 5.82 Å². The molecule has 5 nitrogen and oxygen atoms in total. The molecule has 0 aliphatic heterocycles. The maximum Gasteiger partial charge on any atom is 0.191 e. The topological polar surface area (TPSA) is 52.8 Å². The van der Waals surface area contributed by atoms with Crippen molar-refractivity contribution in [2.75, 3.05) is 0 Å². The summed E-state index contributed by atoms with van der Waals surface area (Å²) in [5.41, 5.74) is 1.85. The summed E-state index contributed by atoms with van der Waals surface area (Å²) in [6.45, 7) is 4.47. The second-order valence-corrected chi connectivity index (χ2v) is 9.19. The van der Waals surface area contributed by atoms with Crippen molar-refractivity contribution >= 4 is 46.3 Å². The number of halogens is 3. The highest BCUT2D eigenvalue weighted by Gasteiger charge is 2.15. The summed E-state index contributed by atoms with van der Waals surface area (Å²) in [7, 11) is 0. The fraction of sp³-hybridized carbons (Fsp3) is 0.136. The molecule has 10 heteroatoms. The van der Waals surface area contributed by atoms with E-state index in [0.29, 0.717) is 28.9 Å². The van der Waals surface area contributed by atoms with Crippen LogP contribution in [0.25, 0.3) is 10.6 Å². The first-order valence-corrected chi connectivity index (χ1v) is 12.1. The van der Waals surface area contributed by atoms with E-state index in [1.54, 1.807) is 17.4 Å². The lowest BCUT2D eigenvalue weighted by atomic mass is 10.2. The third kappa shape index (κ3) is 5.32. The summed E-state index contributed by atoms with van der Waals surface area (Å²) in [6.07, 6.45) is 1.76. The third-order valence-electron chi connectivity index (χ3n) is 4.36. The van der Waals surface area contributed by atoms with E-state index >= 15 is 0 Å². The number of benzene rings is 2. The Balaban J connectivity index is 1.44. The minimum Gasteiger partial charge on any atom is -0.484 e. The minimum atomic E-state index is -0.421. The van der Waals surface area contributed by atoms with Crippen molar-refractivity contribution in [1.29, 1.82) is 0 Å². The number of hydrogen-bond acceptors (Lipinski definition) is 6. The summed E-state index contributed by atoms with van der Waals surface area (Å²) < 4.78 is 20.9. The van der Waals surface area contributed by atoms with E-state index in [2.05, 4.69) is 16.8 Å². The smallest absolute Gasteiger partial charge is 0.191 e. The molecule has 0 unspecified atom stereocenters. The molecule has 4 rings (SSSR count). The van der Waals surface area contributed by atoms with Gasteiger partial charge in [-0.25, -0.2) is 9.37 Å². The fourth-order valence-electron chi connectivity index (χ4n) is 2.85. The molecule has 0 amide bonds. The van der Waals surface area contributed by atoms with Crippen LogP contribution in [0.4, 0.5) is 4.39 Å². The van der Waals surface area contributed by atoms with Crippen molar-refractivity contribution in [1.82, 2.24) is 19.7 Å². The summed E-state index contributed by atoms with van der Waals surface area (Å²) in [4.78, 5) is 4.70. The molecule has 164 valence electrons. The van der Waals surface area contributed by atoms with Crippen LogP contribution in [-0.2, 0) is 18.9 Å². The largest absolute Gasteiger partial charge is 0.484 e. The van der Waals surface area contributed by atoms with Gasteiger partial charge in [0.1, 0.15) is 23.2 Å². The molecule has 4 aromatic rings. The Kier molecular flexibility index (Phi) is 7.47. The van der Waals surface area contributed by atoms with Crippen LogP contribution in [0.1, 0.15) is 11.5 Å². The Labute approximate surface area is 202 Å². The zero-order valence-electron chi connectivity index (χ0n) is 16.7. The van der Waals surface area contributed by atoms with Crippen molar-refractivity contribution in [2.24, 2.45) is 0 Å². The Morgan fingerprint density at radius 1 is 1.16 bits per heavy atom. The van der Waals surface area contributed by atoms with Crippen molar-refractivity contribution in [3.8, 4) is 16.3 Å². The molecule has 0 atom stereocenters. The lowest BCUT2D eigenvalue weighted by Gasteiger charge is -2.10. The van der Waals surface area contributed by atoms with Crippen LogP contribution in [0.3, 0.4) is 0 Å². The van der Waals surface area contributed by atoms with E-state index in [9.17, 15) is 4.39 Å². The van der Waals surface area contributed by atoms with Crippen LogP contribution in [0.5, 0.6) is 5.75 Å². The molecule has 0 spiro atoms. The maximum atomic E-state index is 13.2. The molecular formula is C22H17Cl2FN4OS2. The number of nitrogens with zero attached hydrogens (tertiary/aromatic N) is 4. The Hall–Kier alpha value is -2.39. The Morgan fingerprint density at radius 2 is 2.00 bits per heavy atom. The van der Waals surface area contributed by atoms with Gasteiger partial charge in [0, 0.05) is 23.2 Å². The fourth-order valence-corrected chi connectivity index (χ4v) is 5.18. The molecule has 2 heterocycles. The van der Waals surface area contributed by atoms with Gasteiger partial charge < -0.3 is 4.74 Å². The number of thiazole rings is 1. The van der Waals surface area contributed by atoms with Crippen LogP contribution in [0.2, 0.25) is 10.0 Å². The number of aromatic nitrogens is 4. The van der Waals surface area contributed by atoms with Gasteiger partial charge in [0.2, 0.25) is 0 Å². The predicted octanol–water partition coefficient (Wildman–Crippen LogP) is 6.90. The van der Waals surface area contributed by atoms with Crippen LogP contribution in [0, 0.1) is 5.82 Å². The summed E-state index contributed by atoms with van der Waals surface area (Å²) in [5.74, 6) is 1.20. The highest BCUT2D eigenvalue weighted by atomic mass is 35.5. The molecule has 2 aromatic heterocycles. The average molecular weight is 507 g/mol. The van der Waals surface area contributed by atoms with Gasteiger partial charge >= 0.3 is 0 Å². The molecule has 0 saturated carbocycles. The second kappa shape index (κ2) is 10.5. The van der Waals surface area contributed by atoms with E-state index in [1.807, 2.05) is 34.2 Å². The molecule has 0 aliphatic rings. The van der Waals surface area contributed by atoms with Gasteiger partial charge in [0.15, 0.2) is 11.0 Å².